The van der Waals surface area contributed by atoms with Gasteiger partial charge in [-0.25, -0.2) is 0 Å². The zero-order valence-electron chi connectivity index (χ0n) is 9.87. The average Bonchev–Trinajstić information content (AvgIpc) is 2.26. The van der Waals surface area contributed by atoms with E-state index >= 15 is 0 Å². The van der Waals surface area contributed by atoms with Crippen molar-refractivity contribution in [2.24, 2.45) is 0 Å². The highest BCUT2D eigenvalue weighted by molar-refractivity contribution is 9.10. The lowest BCUT2D eigenvalue weighted by atomic mass is 10.1. The molecule has 2 unspecified atom stereocenters. The highest BCUT2D eigenvalue weighted by Crippen LogP contribution is 2.26. The van der Waals surface area contributed by atoms with Gasteiger partial charge in [0.2, 0.25) is 0 Å². The number of rotatable bonds is 5. The van der Waals surface area contributed by atoms with E-state index in [1.807, 2.05) is 25.1 Å². The molecule has 1 rings (SSSR count). The summed E-state index contributed by atoms with van der Waals surface area (Å²) < 4.78 is 0.931. The van der Waals surface area contributed by atoms with Crippen LogP contribution < -0.4 is 5.32 Å². The smallest absolute Gasteiger partial charge is 0.0973 e. The molecule has 3 N–H and O–H groups in total. The molecule has 0 radical (unpaired) electrons. The first-order valence-corrected chi connectivity index (χ1v) is 6.54. The van der Waals surface area contributed by atoms with Gasteiger partial charge in [-0.15, -0.1) is 0 Å². The molecule has 0 heterocycles. The summed E-state index contributed by atoms with van der Waals surface area (Å²) in [6.45, 7) is 3.57. The zero-order valence-corrected chi connectivity index (χ0v) is 12.2. The van der Waals surface area contributed by atoms with Crippen LogP contribution >= 0.6 is 27.5 Å². The van der Waals surface area contributed by atoms with Gasteiger partial charge in [-0.05, 0) is 31.5 Å². The van der Waals surface area contributed by atoms with Gasteiger partial charge in [-0.3, -0.25) is 0 Å². The van der Waals surface area contributed by atoms with Gasteiger partial charge in [0.25, 0.3) is 0 Å². The Morgan fingerprint density at radius 1 is 1.53 bits per heavy atom. The summed E-state index contributed by atoms with van der Waals surface area (Å²) in [7, 11) is 0. The molecule has 0 aliphatic carbocycles. The number of aliphatic hydroxyl groups is 2. The largest absolute Gasteiger partial charge is 0.393 e. The molecule has 1 aromatic rings. The second-order valence-electron chi connectivity index (χ2n) is 4.42. The third-order valence-corrected chi connectivity index (χ3v) is 3.38. The number of aliphatic hydroxyl groups excluding tert-OH is 1. The van der Waals surface area contributed by atoms with Crippen molar-refractivity contribution < 1.29 is 10.2 Å². The maximum atomic E-state index is 9.68. The van der Waals surface area contributed by atoms with E-state index in [4.69, 9.17) is 16.7 Å². The van der Waals surface area contributed by atoms with Gasteiger partial charge in [-0.1, -0.05) is 33.6 Å². The first-order chi connectivity index (χ1) is 7.85. The highest BCUT2D eigenvalue weighted by Gasteiger charge is 2.20. The highest BCUT2D eigenvalue weighted by atomic mass is 79.9. The molecule has 1 aromatic carbocycles. The summed E-state index contributed by atoms with van der Waals surface area (Å²) in [5.41, 5.74) is -0.153. The lowest BCUT2D eigenvalue weighted by molar-refractivity contribution is 0.00106. The van der Waals surface area contributed by atoms with E-state index in [1.54, 1.807) is 6.92 Å². The molecular weight excluding hydrogens is 305 g/mol. The van der Waals surface area contributed by atoms with Gasteiger partial charge in [0.1, 0.15) is 0 Å². The Morgan fingerprint density at radius 2 is 2.18 bits per heavy atom. The third kappa shape index (κ3) is 4.56. The number of halogens is 2. The Labute approximate surface area is 115 Å². The van der Waals surface area contributed by atoms with Crippen LogP contribution in [-0.4, -0.2) is 29.0 Å². The molecule has 3 nitrogen and oxygen atoms in total. The molecule has 0 aliphatic heterocycles. The van der Waals surface area contributed by atoms with Crippen LogP contribution in [0.1, 0.15) is 25.5 Å². The van der Waals surface area contributed by atoms with Gasteiger partial charge in [0.15, 0.2) is 0 Å². The van der Waals surface area contributed by atoms with Crippen molar-refractivity contribution in [3.63, 3.8) is 0 Å². The van der Waals surface area contributed by atoms with Crippen LogP contribution in [0.4, 0.5) is 0 Å². The molecule has 0 amide bonds. The maximum absolute atomic E-state index is 9.68. The fraction of sp³-hybridized carbons (Fsp3) is 0.500. The van der Waals surface area contributed by atoms with Gasteiger partial charge in [0, 0.05) is 22.1 Å². The Kier molecular flexibility index (Phi) is 5.41. The summed E-state index contributed by atoms with van der Waals surface area (Å²) >= 11 is 9.48. The number of nitrogens with one attached hydrogen (secondary N) is 1. The number of hydrogen-bond acceptors (Lipinski definition) is 3. The predicted molar refractivity (Wildman–Crippen MR) is 73.3 cm³/mol. The second kappa shape index (κ2) is 6.16. The summed E-state index contributed by atoms with van der Waals surface area (Å²) in [6, 6.07) is 5.69. The summed E-state index contributed by atoms with van der Waals surface area (Å²) in [5.74, 6) is 0. The molecule has 0 bridgehead atoms. The van der Waals surface area contributed by atoms with Crippen LogP contribution in [-0.2, 0) is 0 Å². The topological polar surface area (TPSA) is 52.5 Å². The number of hydrogen-bond donors (Lipinski definition) is 3. The van der Waals surface area contributed by atoms with Crippen molar-refractivity contribution in [2.75, 3.05) is 13.2 Å². The van der Waals surface area contributed by atoms with Gasteiger partial charge < -0.3 is 15.5 Å². The molecule has 2 atom stereocenters. The average molecular weight is 323 g/mol. The van der Waals surface area contributed by atoms with Crippen LogP contribution in [0.2, 0.25) is 5.02 Å². The second-order valence-corrected chi connectivity index (χ2v) is 5.75. The summed E-state index contributed by atoms with van der Waals surface area (Å²) in [5, 5.41) is 22.4. The van der Waals surface area contributed by atoms with E-state index in [0.29, 0.717) is 11.6 Å². The molecule has 0 spiro atoms. The van der Waals surface area contributed by atoms with E-state index in [-0.39, 0.29) is 12.6 Å². The van der Waals surface area contributed by atoms with E-state index in [9.17, 15) is 5.11 Å². The van der Waals surface area contributed by atoms with Crippen LogP contribution in [0.3, 0.4) is 0 Å². The third-order valence-electron chi connectivity index (χ3n) is 2.56. The zero-order chi connectivity index (χ0) is 13.1. The first kappa shape index (κ1) is 14.9. The summed E-state index contributed by atoms with van der Waals surface area (Å²) in [4.78, 5) is 0. The van der Waals surface area contributed by atoms with Crippen molar-refractivity contribution in [1.29, 1.82) is 0 Å². The Hall–Kier alpha value is -0.130. The molecule has 0 aliphatic rings. The van der Waals surface area contributed by atoms with Gasteiger partial charge in [-0.2, -0.15) is 0 Å². The molecule has 0 saturated heterocycles. The van der Waals surface area contributed by atoms with Crippen molar-refractivity contribution in [3.8, 4) is 0 Å². The molecule has 0 aromatic heterocycles. The molecule has 5 heteroatoms. The maximum Gasteiger partial charge on any atom is 0.0973 e. The first-order valence-electron chi connectivity index (χ1n) is 5.37. The van der Waals surface area contributed by atoms with Gasteiger partial charge >= 0.3 is 0 Å². The molecule has 0 saturated carbocycles. The molecule has 0 fully saturated rings. The van der Waals surface area contributed by atoms with Crippen LogP contribution in [0.5, 0.6) is 0 Å². The quantitative estimate of drug-likeness (QED) is 0.781. The fourth-order valence-corrected chi connectivity index (χ4v) is 2.23. The molecule has 96 valence electrons. The predicted octanol–water partition coefficient (Wildman–Crippen LogP) is 2.50. The molecule has 17 heavy (non-hydrogen) atoms. The number of benzene rings is 1. The Morgan fingerprint density at radius 3 is 2.71 bits per heavy atom. The fourth-order valence-electron chi connectivity index (χ4n) is 1.39. The van der Waals surface area contributed by atoms with Gasteiger partial charge in [0.05, 0.1) is 12.2 Å². The van der Waals surface area contributed by atoms with E-state index in [0.717, 1.165) is 10.0 Å². The monoisotopic (exact) mass is 321 g/mol. The normalized spacial score (nSPS) is 16.6. The minimum Gasteiger partial charge on any atom is -0.393 e. The van der Waals surface area contributed by atoms with E-state index in [1.165, 1.54) is 0 Å². The standard InChI is InChI=1S/C12H17BrClNO2/c1-8(15-6-12(2,17)7-16)10-4-3-9(13)5-11(10)14/h3-5,8,15-17H,6-7H2,1-2H3. The minimum absolute atomic E-state index is 0.00799. The van der Waals surface area contributed by atoms with Crippen molar-refractivity contribution >= 4 is 27.5 Å². The molecular formula is C12H17BrClNO2. The SMILES string of the molecule is CC(NCC(C)(O)CO)c1ccc(Br)cc1Cl. The lowest BCUT2D eigenvalue weighted by Crippen LogP contribution is -2.41. The van der Waals surface area contributed by atoms with Crippen LogP contribution in [0, 0.1) is 0 Å². The summed E-state index contributed by atoms with van der Waals surface area (Å²) in [6.07, 6.45) is 0. The van der Waals surface area contributed by atoms with E-state index < -0.39 is 5.60 Å². The van der Waals surface area contributed by atoms with Crippen LogP contribution in [0.25, 0.3) is 0 Å². The van der Waals surface area contributed by atoms with Crippen molar-refractivity contribution in [1.82, 2.24) is 5.32 Å². The minimum atomic E-state index is -1.11. The lowest BCUT2D eigenvalue weighted by Gasteiger charge is -2.24. The van der Waals surface area contributed by atoms with Crippen molar-refractivity contribution in [3.05, 3.63) is 33.3 Å². The Bertz CT molecular complexity index is 385. The van der Waals surface area contributed by atoms with E-state index in [2.05, 4.69) is 21.2 Å². The van der Waals surface area contributed by atoms with Crippen molar-refractivity contribution in [2.45, 2.75) is 25.5 Å². The van der Waals surface area contributed by atoms with Crippen LogP contribution in [0.15, 0.2) is 22.7 Å². The Balaban J connectivity index is 2.67.